The molecule has 3 atom stereocenters. The van der Waals surface area contributed by atoms with Crippen LogP contribution in [0.25, 0.3) is 0 Å². The van der Waals surface area contributed by atoms with Crippen LogP contribution in [-0.2, 0) is 4.74 Å². The number of hydrogen-bond donors (Lipinski definition) is 3. The van der Waals surface area contributed by atoms with Gasteiger partial charge in [-0.1, -0.05) is 0 Å². The average Bonchev–Trinajstić information content (AvgIpc) is 2.57. The SMILES string of the molecule is OCC[C@]12CC[C@H](CO1)[C@]2(O)CO. The summed E-state index contributed by atoms with van der Waals surface area (Å²) in [6.07, 6.45) is 2.05. The Morgan fingerprint density at radius 1 is 1.38 bits per heavy atom. The standard InChI is InChI=1S/C9H16O4/c10-4-3-8-2-1-7(5-13-8)9(8,12)6-11/h7,10-12H,1-6H2/t7-,8+,9-/m1/s1. The summed E-state index contributed by atoms with van der Waals surface area (Å²) in [6.45, 7) is 0.240. The number of hydrogen-bond acceptors (Lipinski definition) is 4. The highest BCUT2D eigenvalue weighted by atomic mass is 16.5. The molecule has 2 bridgehead atoms. The molecule has 0 amide bonds. The van der Waals surface area contributed by atoms with Crippen molar-refractivity contribution in [2.24, 2.45) is 5.92 Å². The molecule has 0 aromatic carbocycles. The first-order chi connectivity index (χ1) is 6.18. The van der Waals surface area contributed by atoms with Gasteiger partial charge in [0, 0.05) is 18.9 Å². The minimum Gasteiger partial charge on any atom is -0.396 e. The molecule has 0 spiro atoms. The van der Waals surface area contributed by atoms with Crippen LogP contribution in [0, 0.1) is 5.92 Å². The molecule has 13 heavy (non-hydrogen) atoms. The number of fused-ring (bicyclic) bond motifs is 2. The molecule has 3 N–H and O–H groups in total. The second kappa shape index (κ2) is 2.92. The molecule has 0 aromatic rings. The Morgan fingerprint density at radius 3 is 2.62 bits per heavy atom. The molecule has 1 heterocycles. The molecule has 1 aliphatic carbocycles. The molecular weight excluding hydrogens is 172 g/mol. The fourth-order valence-corrected chi connectivity index (χ4v) is 2.78. The first kappa shape index (κ1) is 9.40. The third kappa shape index (κ3) is 1.00. The van der Waals surface area contributed by atoms with Crippen molar-refractivity contribution in [2.75, 3.05) is 19.8 Å². The first-order valence-corrected chi connectivity index (χ1v) is 4.76. The van der Waals surface area contributed by atoms with Gasteiger partial charge in [0.25, 0.3) is 0 Å². The summed E-state index contributed by atoms with van der Waals surface area (Å²) >= 11 is 0. The zero-order valence-electron chi connectivity index (χ0n) is 7.57. The molecule has 76 valence electrons. The zero-order valence-corrected chi connectivity index (χ0v) is 7.57. The quantitative estimate of drug-likeness (QED) is 0.546. The lowest BCUT2D eigenvalue weighted by Gasteiger charge is -2.36. The predicted molar refractivity (Wildman–Crippen MR) is 45.1 cm³/mol. The van der Waals surface area contributed by atoms with Crippen molar-refractivity contribution in [1.82, 2.24) is 0 Å². The highest BCUT2D eigenvalue weighted by molar-refractivity contribution is 5.14. The summed E-state index contributed by atoms with van der Waals surface area (Å²) in [6, 6.07) is 0. The second-order valence-corrected chi connectivity index (χ2v) is 4.10. The average molecular weight is 188 g/mol. The van der Waals surface area contributed by atoms with E-state index in [0.717, 1.165) is 12.8 Å². The second-order valence-electron chi connectivity index (χ2n) is 4.10. The van der Waals surface area contributed by atoms with Gasteiger partial charge in [-0.15, -0.1) is 0 Å². The van der Waals surface area contributed by atoms with E-state index in [1.807, 2.05) is 0 Å². The fraction of sp³-hybridized carbons (Fsp3) is 1.00. The molecular formula is C9H16O4. The van der Waals surface area contributed by atoms with E-state index in [1.165, 1.54) is 0 Å². The summed E-state index contributed by atoms with van der Waals surface area (Å²) < 4.78 is 5.52. The molecule has 2 fully saturated rings. The van der Waals surface area contributed by atoms with Crippen molar-refractivity contribution in [2.45, 2.75) is 30.5 Å². The summed E-state index contributed by atoms with van der Waals surface area (Å²) in [5.41, 5.74) is -1.79. The maximum atomic E-state index is 10.2. The summed E-state index contributed by atoms with van der Waals surface area (Å²) in [5.74, 6) is 0.0454. The van der Waals surface area contributed by atoms with Gasteiger partial charge in [0.1, 0.15) is 11.2 Å². The Labute approximate surface area is 77.1 Å². The normalized spacial score (nSPS) is 48.7. The van der Waals surface area contributed by atoms with Crippen LogP contribution in [0.3, 0.4) is 0 Å². The van der Waals surface area contributed by atoms with Crippen LogP contribution in [0.4, 0.5) is 0 Å². The van der Waals surface area contributed by atoms with Crippen LogP contribution in [0.15, 0.2) is 0 Å². The first-order valence-electron chi connectivity index (χ1n) is 4.76. The molecule has 2 rings (SSSR count). The van der Waals surface area contributed by atoms with E-state index in [1.54, 1.807) is 0 Å². The Bertz CT molecular complexity index is 198. The molecule has 0 aromatic heterocycles. The maximum absolute atomic E-state index is 10.2. The Hall–Kier alpha value is -0.160. The third-order valence-corrected chi connectivity index (χ3v) is 3.68. The van der Waals surface area contributed by atoms with Crippen LogP contribution < -0.4 is 0 Å². The lowest BCUT2D eigenvalue weighted by Crippen LogP contribution is -2.52. The van der Waals surface area contributed by atoms with E-state index in [9.17, 15) is 10.2 Å². The largest absolute Gasteiger partial charge is 0.396 e. The monoisotopic (exact) mass is 188 g/mol. The topological polar surface area (TPSA) is 69.9 Å². The lowest BCUT2D eigenvalue weighted by atomic mass is 9.82. The third-order valence-electron chi connectivity index (χ3n) is 3.68. The van der Waals surface area contributed by atoms with Gasteiger partial charge in [-0.3, -0.25) is 0 Å². The number of aliphatic hydroxyl groups is 3. The van der Waals surface area contributed by atoms with Crippen molar-refractivity contribution < 1.29 is 20.1 Å². The zero-order chi connectivity index (χ0) is 9.53. The van der Waals surface area contributed by atoms with Crippen LogP contribution >= 0.6 is 0 Å². The summed E-state index contributed by atoms with van der Waals surface area (Å²) in [4.78, 5) is 0. The van der Waals surface area contributed by atoms with Crippen LogP contribution in [0.1, 0.15) is 19.3 Å². The number of rotatable bonds is 3. The molecule has 0 unspecified atom stereocenters. The lowest BCUT2D eigenvalue weighted by molar-refractivity contribution is -0.140. The summed E-state index contributed by atoms with van der Waals surface area (Å²) in [7, 11) is 0. The maximum Gasteiger partial charge on any atom is 0.122 e. The van der Waals surface area contributed by atoms with Crippen molar-refractivity contribution in [3.8, 4) is 0 Å². The number of ether oxygens (including phenoxy) is 1. The molecule has 0 radical (unpaired) electrons. The van der Waals surface area contributed by atoms with E-state index in [4.69, 9.17) is 9.84 Å². The highest BCUT2D eigenvalue weighted by Gasteiger charge is 2.64. The van der Waals surface area contributed by atoms with Gasteiger partial charge in [-0.2, -0.15) is 0 Å². The van der Waals surface area contributed by atoms with E-state index in [2.05, 4.69) is 0 Å². The van der Waals surface area contributed by atoms with Gasteiger partial charge < -0.3 is 20.1 Å². The Balaban J connectivity index is 2.26. The molecule has 1 saturated carbocycles. The smallest absolute Gasteiger partial charge is 0.122 e. The van der Waals surface area contributed by atoms with Gasteiger partial charge in [0.15, 0.2) is 0 Å². The van der Waals surface area contributed by atoms with Crippen LogP contribution in [0.5, 0.6) is 0 Å². The number of aliphatic hydroxyl groups excluding tert-OH is 2. The van der Waals surface area contributed by atoms with E-state index in [0.29, 0.717) is 13.0 Å². The van der Waals surface area contributed by atoms with E-state index < -0.39 is 11.2 Å². The Morgan fingerprint density at radius 2 is 2.15 bits per heavy atom. The van der Waals surface area contributed by atoms with Crippen LogP contribution in [0.2, 0.25) is 0 Å². The van der Waals surface area contributed by atoms with E-state index in [-0.39, 0.29) is 19.1 Å². The van der Waals surface area contributed by atoms with Crippen molar-refractivity contribution >= 4 is 0 Å². The summed E-state index contributed by atoms with van der Waals surface area (Å²) in [5, 5.41) is 28.3. The highest BCUT2D eigenvalue weighted by Crippen LogP contribution is 2.53. The molecule has 4 heteroatoms. The van der Waals surface area contributed by atoms with Crippen molar-refractivity contribution in [3.05, 3.63) is 0 Å². The molecule has 1 aliphatic heterocycles. The fourth-order valence-electron chi connectivity index (χ4n) is 2.78. The van der Waals surface area contributed by atoms with Crippen molar-refractivity contribution in [3.63, 3.8) is 0 Å². The molecule has 4 nitrogen and oxygen atoms in total. The van der Waals surface area contributed by atoms with Gasteiger partial charge in [0.2, 0.25) is 0 Å². The molecule has 1 saturated heterocycles. The van der Waals surface area contributed by atoms with Gasteiger partial charge in [-0.05, 0) is 12.8 Å². The van der Waals surface area contributed by atoms with Crippen molar-refractivity contribution in [1.29, 1.82) is 0 Å². The van der Waals surface area contributed by atoms with Gasteiger partial charge in [0.05, 0.1) is 13.2 Å². The minimum absolute atomic E-state index is 0.00493. The molecule has 2 aliphatic rings. The minimum atomic E-state index is -1.12. The predicted octanol–water partition coefficient (Wildman–Crippen LogP) is -0.729. The van der Waals surface area contributed by atoms with E-state index >= 15 is 0 Å². The van der Waals surface area contributed by atoms with Gasteiger partial charge in [-0.25, -0.2) is 0 Å². The van der Waals surface area contributed by atoms with Crippen LogP contribution in [-0.4, -0.2) is 46.3 Å². The van der Waals surface area contributed by atoms with Gasteiger partial charge >= 0.3 is 0 Å². The Kier molecular flexibility index (Phi) is 2.11.